The van der Waals surface area contributed by atoms with Crippen molar-refractivity contribution in [3.05, 3.63) is 35.9 Å². The summed E-state index contributed by atoms with van der Waals surface area (Å²) in [4.78, 5) is 22.7. The first-order chi connectivity index (χ1) is 14.7. The van der Waals surface area contributed by atoms with E-state index in [2.05, 4.69) is 47.2 Å². The van der Waals surface area contributed by atoms with E-state index in [-0.39, 0.29) is 0 Å². The molecule has 13 heteroatoms. The Morgan fingerprint density at radius 3 is 1.94 bits per heavy atom. The van der Waals surface area contributed by atoms with Crippen molar-refractivity contribution in [2.45, 2.75) is 25.0 Å². The van der Waals surface area contributed by atoms with Crippen molar-refractivity contribution in [1.29, 1.82) is 0 Å². The summed E-state index contributed by atoms with van der Waals surface area (Å²) in [6.07, 6.45) is -9.72. The minimum Gasteiger partial charge on any atom is -0.475 e. The van der Waals surface area contributed by atoms with Gasteiger partial charge >= 0.3 is 24.3 Å². The number of carbonyl (C=O) groups is 2. The van der Waals surface area contributed by atoms with E-state index >= 15 is 0 Å². The van der Waals surface area contributed by atoms with Gasteiger partial charge in [-0.1, -0.05) is 30.3 Å². The van der Waals surface area contributed by atoms with Crippen LogP contribution in [-0.2, 0) is 20.9 Å². The maximum Gasteiger partial charge on any atom is 0.490 e. The number of carboxylic acid groups (broad SMARTS) is 2. The fourth-order valence-corrected chi connectivity index (χ4v) is 3.11. The molecule has 0 aromatic heterocycles. The average Bonchev–Trinajstić information content (AvgIpc) is 2.94. The Morgan fingerprint density at radius 1 is 0.969 bits per heavy atom. The fourth-order valence-electron chi connectivity index (χ4n) is 3.11. The van der Waals surface area contributed by atoms with Crippen molar-refractivity contribution in [2.75, 3.05) is 39.8 Å². The molecule has 0 spiro atoms. The highest BCUT2D eigenvalue weighted by atomic mass is 19.4. The predicted octanol–water partition coefficient (Wildman–Crippen LogP) is 2.72. The monoisotopic (exact) mass is 474 g/mol. The lowest BCUT2D eigenvalue weighted by atomic mass is 10.1. The Bertz CT molecular complexity index is 705. The first-order valence-corrected chi connectivity index (χ1v) is 9.36. The van der Waals surface area contributed by atoms with Crippen molar-refractivity contribution in [3.63, 3.8) is 0 Å². The lowest BCUT2D eigenvalue weighted by Gasteiger charge is -2.19. The van der Waals surface area contributed by atoms with E-state index in [1.165, 1.54) is 18.7 Å². The van der Waals surface area contributed by atoms with Gasteiger partial charge in [-0.2, -0.15) is 26.3 Å². The molecule has 2 aliphatic heterocycles. The van der Waals surface area contributed by atoms with E-state index < -0.39 is 24.3 Å². The molecule has 2 N–H and O–H groups in total. The number of nitrogens with zero attached hydrogens (tertiary/aromatic N) is 2. The molecule has 1 aromatic carbocycles. The number of likely N-dealkylation sites (N-methyl/N-ethyl adjacent to an activating group) is 1. The zero-order chi connectivity index (χ0) is 24.5. The molecule has 0 bridgehead atoms. The molecule has 0 aliphatic carbocycles. The number of carboxylic acids is 2. The summed E-state index contributed by atoms with van der Waals surface area (Å²) in [6.45, 7) is 6.46. The van der Waals surface area contributed by atoms with Gasteiger partial charge in [0, 0.05) is 38.6 Å². The molecule has 3 rings (SSSR count). The van der Waals surface area contributed by atoms with Crippen LogP contribution < -0.4 is 0 Å². The van der Waals surface area contributed by atoms with Gasteiger partial charge in [0.15, 0.2) is 0 Å². The molecular weight excluding hydrogens is 450 g/mol. The van der Waals surface area contributed by atoms with E-state index in [0.29, 0.717) is 12.0 Å². The molecular formula is C19H24F6N2O5. The minimum atomic E-state index is -5.08. The van der Waals surface area contributed by atoms with Gasteiger partial charge in [-0.25, -0.2) is 9.59 Å². The molecule has 2 atom stereocenters. The summed E-state index contributed by atoms with van der Waals surface area (Å²) in [5.41, 5.74) is 1.40. The number of hydrogen-bond donors (Lipinski definition) is 2. The van der Waals surface area contributed by atoms with Crippen LogP contribution in [0.15, 0.2) is 30.3 Å². The second-order valence-corrected chi connectivity index (χ2v) is 7.22. The molecule has 0 amide bonds. The molecule has 2 aliphatic rings. The summed E-state index contributed by atoms with van der Waals surface area (Å²) >= 11 is 0. The van der Waals surface area contributed by atoms with Crippen molar-refractivity contribution in [2.24, 2.45) is 5.92 Å². The highest BCUT2D eigenvalue weighted by Gasteiger charge is 2.39. The molecule has 0 saturated carbocycles. The van der Waals surface area contributed by atoms with Crippen LogP contribution in [0.5, 0.6) is 0 Å². The van der Waals surface area contributed by atoms with E-state index in [9.17, 15) is 26.3 Å². The third kappa shape index (κ3) is 10.3. The Kier molecular flexibility index (Phi) is 10.4. The third-order valence-electron chi connectivity index (χ3n) is 4.54. The highest BCUT2D eigenvalue weighted by Crippen LogP contribution is 2.24. The Hall–Kier alpha value is -2.38. The largest absolute Gasteiger partial charge is 0.490 e. The number of likely N-dealkylation sites (tertiary alicyclic amines) is 1. The normalized spacial score (nSPS) is 21.8. The molecule has 2 saturated heterocycles. The second kappa shape index (κ2) is 12.0. The van der Waals surface area contributed by atoms with E-state index in [1.54, 1.807) is 0 Å². The van der Waals surface area contributed by atoms with Gasteiger partial charge in [0.2, 0.25) is 0 Å². The van der Waals surface area contributed by atoms with E-state index in [4.69, 9.17) is 24.5 Å². The molecule has 0 unspecified atom stereocenters. The van der Waals surface area contributed by atoms with Crippen LogP contribution in [0.2, 0.25) is 0 Å². The second-order valence-electron chi connectivity index (χ2n) is 7.22. The summed E-state index contributed by atoms with van der Waals surface area (Å²) in [6, 6.07) is 10.7. The van der Waals surface area contributed by atoms with Crippen LogP contribution in [0, 0.1) is 5.92 Å². The summed E-state index contributed by atoms with van der Waals surface area (Å²) in [5.74, 6) is -4.83. The zero-order valence-corrected chi connectivity index (χ0v) is 17.1. The first kappa shape index (κ1) is 27.7. The zero-order valence-electron chi connectivity index (χ0n) is 17.1. The standard InChI is InChI=1S/C15H22N2O.2C2HF3O2/c1-16-7-8-18-15-12-17(11-14(15)10-16)9-13-5-3-2-4-6-13;2*3-2(4,5)1(6)7/h2-6,14-15H,7-12H2,1H3;2*(H,6,7)/t14-,15+;;/m0../s1. The van der Waals surface area contributed by atoms with Crippen molar-refractivity contribution < 1.29 is 50.9 Å². The summed E-state index contributed by atoms with van der Waals surface area (Å²) < 4.78 is 69.5. The molecule has 2 heterocycles. The molecule has 7 nitrogen and oxygen atoms in total. The molecule has 1 aromatic rings. The van der Waals surface area contributed by atoms with Crippen LogP contribution in [0.3, 0.4) is 0 Å². The molecule has 2 fully saturated rings. The van der Waals surface area contributed by atoms with Crippen LogP contribution in [0.25, 0.3) is 0 Å². The lowest BCUT2D eigenvalue weighted by molar-refractivity contribution is -0.193. The van der Waals surface area contributed by atoms with Gasteiger partial charge in [-0.3, -0.25) is 4.90 Å². The average molecular weight is 474 g/mol. The maximum atomic E-state index is 10.6. The highest BCUT2D eigenvalue weighted by molar-refractivity contribution is 5.73. The fraction of sp³-hybridized carbons (Fsp3) is 0.579. The van der Waals surface area contributed by atoms with Gasteiger partial charge < -0.3 is 19.8 Å². The Labute approximate surface area is 180 Å². The molecule has 182 valence electrons. The van der Waals surface area contributed by atoms with Crippen LogP contribution in [0.1, 0.15) is 5.56 Å². The Morgan fingerprint density at radius 2 is 1.47 bits per heavy atom. The number of ether oxygens (including phenoxy) is 1. The summed E-state index contributed by atoms with van der Waals surface area (Å²) in [7, 11) is 2.20. The van der Waals surface area contributed by atoms with Gasteiger partial charge in [-0.05, 0) is 12.6 Å². The smallest absolute Gasteiger partial charge is 0.475 e. The van der Waals surface area contributed by atoms with Gasteiger partial charge in [0.05, 0.1) is 12.7 Å². The lowest BCUT2D eigenvalue weighted by Crippen LogP contribution is -2.29. The van der Waals surface area contributed by atoms with E-state index in [1.807, 2.05) is 0 Å². The third-order valence-corrected chi connectivity index (χ3v) is 4.54. The molecule has 32 heavy (non-hydrogen) atoms. The van der Waals surface area contributed by atoms with Crippen molar-refractivity contribution >= 4 is 11.9 Å². The van der Waals surface area contributed by atoms with Gasteiger partial charge in [0.1, 0.15) is 0 Å². The van der Waals surface area contributed by atoms with Gasteiger partial charge in [-0.15, -0.1) is 0 Å². The predicted molar refractivity (Wildman–Crippen MR) is 99.8 cm³/mol. The van der Waals surface area contributed by atoms with Crippen LogP contribution in [-0.4, -0.2) is 90.2 Å². The van der Waals surface area contributed by atoms with Crippen LogP contribution >= 0.6 is 0 Å². The topological polar surface area (TPSA) is 90.3 Å². The Balaban J connectivity index is 0.000000305. The SMILES string of the molecule is CN1CCO[C@@H]2CN(Cc3ccccc3)C[C@@H]2C1.O=C(O)C(F)(F)F.O=C(O)C(F)(F)F. The minimum absolute atomic E-state index is 0.443. The number of hydrogen-bond acceptors (Lipinski definition) is 5. The maximum absolute atomic E-state index is 10.6. The number of fused-ring (bicyclic) bond motifs is 1. The quantitative estimate of drug-likeness (QED) is 0.637. The molecule has 0 radical (unpaired) electrons. The number of halogens is 6. The number of alkyl halides is 6. The van der Waals surface area contributed by atoms with Crippen molar-refractivity contribution in [1.82, 2.24) is 9.80 Å². The van der Waals surface area contributed by atoms with Crippen LogP contribution in [0.4, 0.5) is 26.3 Å². The first-order valence-electron chi connectivity index (χ1n) is 9.36. The summed E-state index contributed by atoms with van der Waals surface area (Å²) in [5, 5.41) is 14.2. The number of rotatable bonds is 2. The number of benzene rings is 1. The van der Waals surface area contributed by atoms with E-state index in [0.717, 1.165) is 26.2 Å². The van der Waals surface area contributed by atoms with Crippen molar-refractivity contribution in [3.8, 4) is 0 Å². The number of aliphatic carboxylic acids is 2. The van der Waals surface area contributed by atoms with Gasteiger partial charge in [0.25, 0.3) is 0 Å².